The second kappa shape index (κ2) is 10.8. The molecular weight excluding hydrogens is 438 g/mol. The quantitative estimate of drug-likeness (QED) is 0.572. The minimum absolute atomic E-state index is 0.0729. The van der Waals surface area contributed by atoms with Crippen LogP contribution >= 0.6 is 0 Å². The molecule has 2 fully saturated rings. The van der Waals surface area contributed by atoms with Crippen LogP contribution in [0.4, 0.5) is 11.4 Å². The summed E-state index contributed by atoms with van der Waals surface area (Å²) in [5, 5.41) is 7.51. The normalized spacial score (nSPS) is 18.0. The first-order valence-corrected chi connectivity index (χ1v) is 12.6. The van der Waals surface area contributed by atoms with Gasteiger partial charge in [-0.3, -0.25) is 9.59 Å². The van der Waals surface area contributed by atoms with Gasteiger partial charge in [0.2, 0.25) is 5.91 Å². The molecule has 2 aliphatic rings. The van der Waals surface area contributed by atoms with E-state index in [-0.39, 0.29) is 17.4 Å². The first-order valence-electron chi connectivity index (χ1n) is 12.6. The maximum atomic E-state index is 12.9. The molecule has 3 heterocycles. The lowest BCUT2D eigenvalue weighted by atomic mass is 9.96. The molecule has 7 nitrogen and oxygen atoms in total. The molecule has 0 spiro atoms. The Hall–Kier alpha value is -3.61. The number of piperidine rings is 1. The van der Waals surface area contributed by atoms with Crippen molar-refractivity contribution in [3.63, 3.8) is 0 Å². The van der Waals surface area contributed by atoms with E-state index in [9.17, 15) is 9.59 Å². The van der Waals surface area contributed by atoms with Crippen molar-refractivity contribution in [2.75, 3.05) is 36.0 Å². The van der Waals surface area contributed by atoms with Crippen LogP contribution in [-0.4, -0.2) is 41.9 Å². The van der Waals surface area contributed by atoms with E-state index in [0.717, 1.165) is 49.3 Å². The predicted molar refractivity (Wildman–Crippen MR) is 139 cm³/mol. The van der Waals surface area contributed by atoms with Crippen LogP contribution in [-0.2, 0) is 17.9 Å². The number of rotatable bonds is 7. The standard InChI is InChI=1S/C28H33N5O2/c34-27-17-26(19-30-33(27)20-23-7-2-1-3-8-23)32-16-6-9-24(21-32)28(35)29-18-22-10-12-25(13-11-22)31-14-4-5-15-31/h1-3,7-8,10-13,17,19,24H,4-6,9,14-16,18,20-21H2,(H,29,35)/t24-/m0/s1. The summed E-state index contributed by atoms with van der Waals surface area (Å²) < 4.78 is 1.47. The van der Waals surface area contributed by atoms with Gasteiger partial charge in [0, 0.05) is 44.5 Å². The molecule has 0 bridgehead atoms. The molecule has 0 radical (unpaired) electrons. The highest BCUT2D eigenvalue weighted by atomic mass is 16.2. The summed E-state index contributed by atoms with van der Waals surface area (Å²) in [5.41, 5.74) is 4.07. The van der Waals surface area contributed by atoms with E-state index in [2.05, 4.69) is 44.5 Å². The van der Waals surface area contributed by atoms with Crippen LogP contribution in [0.2, 0.25) is 0 Å². The Balaban J connectivity index is 1.16. The SMILES string of the molecule is O=C(NCc1ccc(N2CCCC2)cc1)[C@H]1CCCN(c2cnn(Cc3ccccc3)c(=O)c2)C1. The number of hydrogen-bond acceptors (Lipinski definition) is 5. The van der Waals surface area contributed by atoms with Crippen LogP contribution in [0.1, 0.15) is 36.8 Å². The zero-order valence-corrected chi connectivity index (χ0v) is 20.1. The molecule has 0 aliphatic carbocycles. The summed E-state index contributed by atoms with van der Waals surface area (Å²) in [6.07, 6.45) is 6.04. The van der Waals surface area contributed by atoms with Crippen molar-refractivity contribution in [2.24, 2.45) is 5.92 Å². The smallest absolute Gasteiger partial charge is 0.269 e. The van der Waals surface area contributed by atoms with Crippen molar-refractivity contribution < 1.29 is 4.79 Å². The van der Waals surface area contributed by atoms with E-state index in [1.54, 1.807) is 12.3 Å². The molecule has 0 unspecified atom stereocenters. The van der Waals surface area contributed by atoms with Crippen molar-refractivity contribution in [3.05, 3.63) is 88.3 Å². The molecule has 1 amide bonds. The average Bonchev–Trinajstić information content (AvgIpc) is 3.45. The maximum Gasteiger partial charge on any atom is 0.269 e. The molecule has 35 heavy (non-hydrogen) atoms. The van der Waals surface area contributed by atoms with Gasteiger partial charge in [-0.15, -0.1) is 0 Å². The average molecular weight is 472 g/mol. The summed E-state index contributed by atoms with van der Waals surface area (Å²) in [4.78, 5) is 30.1. The molecule has 1 aromatic heterocycles. The summed E-state index contributed by atoms with van der Waals surface area (Å²) in [6, 6.07) is 20.0. The molecule has 2 aromatic carbocycles. The zero-order chi connectivity index (χ0) is 24.0. The van der Waals surface area contributed by atoms with E-state index in [0.29, 0.717) is 19.6 Å². The first-order chi connectivity index (χ1) is 17.2. The van der Waals surface area contributed by atoms with E-state index < -0.39 is 0 Å². The fourth-order valence-corrected chi connectivity index (χ4v) is 5.03. The largest absolute Gasteiger partial charge is 0.372 e. The monoisotopic (exact) mass is 471 g/mol. The number of hydrogen-bond donors (Lipinski definition) is 1. The Morgan fingerprint density at radius 3 is 2.37 bits per heavy atom. The molecule has 7 heteroatoms. The third kappa shape index (κ3) is 5.73. The van der Waals surface area contributed by atoms with Gasteiger partial charge in [0.25, 0.3) is 5.56 Å². The van der Waals surface area contributed by atoms with Crippen LogP contribution in [0, 0.1) is 5.92 Å². The maximum absolute atomic E-state index is 12.9. The van der Waals surface area contributed by atoms with Gasteiger partial charge in [0.05, 0.1) is 24.3 Å². The molecule has 3 aromatic rings. The van der Waals surface area contributed by atoms with Crippen molar-refractivity contribution in [3.8, 4) is 0 Å². The van der Waals surface area contributed by atoms with Gasteiger partial charge in [-0.25, -0.2) is 4.68 Å². The topological polar surface area (TPSA) is 70.5 Å². The Kier molecular flexibility index (Phi) is 7.12. The Bertz CT molecular complexity index is 1190. The van der Waals surface area contributed by atoms with E-state index >= 15 is 0 Å². The Morgan fingerprint density at radius 1 is 0.886 bits per heavy atom. The van der Waals surface area contributed by atoms with Crippen LogP contribution < -0.4 is 20.7 Å². The third-order valence-corrected chi connectivity index (χ3v) is 7.06. The highest BCUT2D eigenvalue weighted by Gasteiger charge is 2.26. The first kappa shape index (κ1) is 23.1. The number of nitrogens with one attached hydrogen (secondary N) is 1. The van der Waals surface area contributed by atoms with E-state index in [1.807, 2.05) is 30.3 Å². The minimum atomic E-state index is -0.129. The number of anilines is 2. The van der Waals surface area contributed by atoms with Gasteiger partial charge in [-0.2, -0.15) is 5.10 Å². The Morgan fingerprint density at radius 2 is 1.63 bits per heavy atom. The zero-order valence-electron chi connectivity index (χ0n) is 20.1. The Labute approximate surface area is 206 Å². The predicted octanol–water partition coefficient (Wildman–Crippen LogP) is 3.42. The lowest BCUT2D eigenvalue weighted by Gasteiger charge is -2.33. The third-order valence-electron chi connectivity index (χ3n) is 7.06. The molecule has 0 saturated carbocycles. The molecule has 2 aliphatic heterocycles. The fraction of sp³-hybridized carbons (Fsp3) is 0.393. The van der Waals surface area contributed by atoms with Crippen LogP contribution in [0.15, 0.2) is 71.7 Å². The molecule has 5 rings (SSSR count). The van der Waals surface area contributed by atoms with Crippen molar-refractivity contribution in [2.45, 2.75) is 38.8 Å². The lowest BCUT2D eigenvalue weighted by Crippen LogP contribution is -2.43. The molecule has 2 saturated heterocycles. The number of carbonyl (C=O) groups is 1. The lowest BCUT2D eigenvalue weighted by molar-refractivity contribution is -0.125. The van der Waals surface area contributed by atoms with Gasteiger partial charge in [-0.1, -0.05) is 42.5 Å². The summed E-state index contributed by atoms with van der Waals surface area (Å²) in [7, 11) is 0. The number of nitrogens with zero attached hydrogens (tertiary/aromatic N) is 4. The van der Waals surface area contributed by atoms with Crippen molar-refractivity contribution in [1.82, 2.24) is 15.1 Å². The van der Waals surface area contributed by atoms with Crippen molar-refractivity contribution >= 4 is 17.3 Å². The fourth-order valence-electron chi connectivity index (χ4n) is 5.03. The minimum Gasteiger partial charge on any atom is -0.372 e. The number of amides is 1. The van der Waals surface area contributed by atoms with Crippen molar-refractivity contribution in [1.29, 1.82) is 0 Å². The van der Waals surface area contributed by atoms with Gasteiger partial charge >= 0.3 is 0 Å². The number of benzene rings is 2. The van der Waals surface area contributed by atoms with Crippen LogP contribution in [0.25, 0.3) is 0 Å². The van der Waals surface area contributed by atoms with Crippen LogP contribution in [0.5, 0.6) is 0 Å². The number of carbonyl (C=O) groups excluding carboxylic acids is 1. The van der Waals surface area contributed by atoms with E-state index in [4.69, 9.17) is 0 Å². The van der Waals surface area contributed by atoms with Gasteiger partial charge in [-0.05, 0) is 48.9 Å². The van der Waals surface area contributed by atoms with Gasteiger partial charge in [0.15, 0.2) is 0 Å². The summed E-state index contributed by atoms with van der Waals surface area (Å²) in [5.74, 6) is -0.0249. The molecule has 1 atom stereocenters. The van der Waals surface area contributed by atoms with Gasteiger partial charge in [0.1, 0.15) is 0 Å². The second-order valence-corrected chi connectivity index (χ2v) is 9.56. The van der Waals surface area contributed by atoms with Gasteiger partial charge < -0.3 is 15.1 Å². The summed E-state index contributed by atoms with van der Waals surface area (Å²) >= 11 is 0. The second-order valence-electron chi connectivity index (χ2n) is 9.56. The summed E-state index contributed by atoms with van der Waals surface area (Å²) in [6.45, 7) is 4.67. The molecular formula is C28H33N5O2. The van der Waals surface area contributed by atoms with E-state index in [1.165, 1.54) is 23.2 Å². The highest BCUT2D eigenvalue weighted by molar-refractivity contribution is 5.79. The number of aromatic nitrogens is 2. The molecule has 1 N–H and O–H groups in total. The van der Waals surface area contributed by atoms with Crippen LogP contribution in [0.3, 0.4) is 0 Å². The molecule has 182 valence electrons. The highest BCUT2D eigenvalue weighted by Crippen LogP contribution is 2.23.